The number of nitrogens with zero attached hydrogens (tertiary/aromatic N) is 2. The quantitative estimate of drug-likeness (QED) is 0.129. The molecule has 31 atom stereocenters. The molecule has 2 aromatic carbocycles. The van der Waals surface area contributed by atoms with Crippen molar-refractivity contribution in [3.8, 4) is 0 Å². The summed E-state index contributed by atoms with van der Waals surface area (Å²) in [5, 5.41) is 56.2. The Morgan fingerprint density at radius 2 is 0.672 bits per heavy atom. The molecule has 736 valence electrons. The van der Waals surface area contributed by atoms with E-state index in [1.54, 1.807) is 0 Å². The van der Waals surface area contributed by atoms with Gasteiger partial charge in [0.05, 0.1) is 36.6 Å². The third-order valence-electron chi connectivity index (χ3n) is 39.9. The molecule has 134 heavy (non-hydrogen) atoms. The number of carbonyl (C=O) groups excluding carboxylic acids is 3. The van der Waals surface area contributed by atoms with Gasteiger partial charge in [-0.15, -0.1) is 0 Å². The number of ketones is 1. The molecule has 16 saturated carbocycles. The number of ether oxygens (including phenoxy) is 2. The summed E-state index contributed by atoms with van der Waals surface area (Å²) in [5.41, 5.74) is 3.34. The number of hydrogen-bond acceptors (Lipinski definition) is 13. The Balaban J connectivity index is -0.000000505. The molecule has 14 nitrogen and oxygen atoms in total. The minimum absolute atomic E-state index is 0. The van der Waals surface area contributed by atoms with Crippen LogP contribution in [0.3, 0.4) is 0 Å². The molecule has 2 aromatic rings. The van der Waals surface area contributed by atoms with E-state index in [0.717, 1.165) is 186 Å². The Bertz CT molecular complexity index is 3720. The monoisotopic (exact) mass is 5240 g/mol. The van der Waals surface area contributed by atoms with E-state index in [0.29, 0.717) is 62.1 Å². The van der Waals surface area contributed by atoms with E-state index in [-0.39, 0.29) is 491 Å². The zero-order chi connectivity index (χ0) is 85.8. The molecule has 16 aliphatic rings. The Hall–Kier alpha value is 12.6. The maximum absolute atomic E-state index is 12.4. The second kappa shape index (κ2) is 66.1. The molecular formula is C104H173ClN4O10U15. The van der Waals surface area contributed by atoms with Gasteiger partial charge < -0.3 is 50.5 Å². The number of fused-ring (bicyclic) bond motifs is 20. The summed E-state index contributed by atoms with van der Waals surface area (Å²) in [5.74, 6) is 13.5. The number of nitrogens with one attached hydrogen (secondary N) is 2. The Labute approximate surface area is 1180 Å². The molecule has 0 aromatic heterocycles. The van der Waals surface area contributed by atoms with Crippen LogP contribution in [0, 0.1) is 605 Å². The summed E-state index contributed by atoms with van der Waals surface area (Å²) in [6, 6.07) is 23.2. The van der Waals surface area contributed by atoms with Gasteiger partial charge in [0.15, 0.2) is 0 Å². The Morgan fingerprint density at radius 3 is 1.01 bits per heavy atom. The van der Waals surface area contributed by atoms with Gasteiger partial charge in [-0.05, 0) is 417 Å². The minimum atomic E-state index is -0.773. The molecule has 0 radical (unpaired) electrons. The van der Waals surface area contributed by atoms with Gasteiger partial charge in [-0.2, -0.15) is 0 Å². The zero-order valence-electron chi connectivity index (χ0n) is 85.2. The first kappa shape index (κ1) is 155. The fourth-order valence-corrected chi connectivity index (χ4v) is 33.3. The average molecular weight is 5250 g/mol. The predicted octanol–water partition coefficient (Wildman–Crippen LogP) is 22.5. The van der Waals surface area contributed by atoms with E-state index in [1.807, 2.05) is 51.0 Å². The molecule has 0 bridgehead atoms. The summed E-state index contributed by atoms with van der Waals surface area (Å²) in [4.78, 5) is 38.5. The SMILES string of the molecule is C.CN(Cc1ccccc1)[C@H]1CC[C@H]2[C@@H]3CC[C@H]4C[C@](C)(O)CC[C@]4(C)[C@H]3CC[C@]12C.CNCc1ccccc1.CN[C@H]1CC[C@H]2[C@@H]3CC[C@H]4C[C@](C)(O)CC[C@]4(C)[C@H]3CC[C@]12C.CO.COC(=O)Cl.COC(=O)N(C)[C@H]1CC[C@H]2[C@@H]3CC[C@H]4C[C@](C)(O)CC[C@]4(C)[C@H]3CC[C@]12C.C[C@@]1(O)CC[C@@]2(C)[C@@H](CC[C@@H]3[C@@H]2CC[C@]2(C)C(=O)CC[C@@H]32)C1.[U].[U].[U].[U].[U].[U].[U].[U].[U].[U].[U].[U].[U].[U].[U]. The number of Topliss-reactive ketones (excluding diaryl/α,β-unsaturated/α-hetero) is 1. The van der Waals surface area contributed by atoms with Gasteiger partial charge in [0, 0.05) is 536 Å². The number of hydrogen-bond donors (Lipinski definition) is 7. The Morgan fingerprint density at radius 1 is 0.373 bits per heavy atom. The zero-order valence-corrected chi connectivity index (χ0v) is 148. The largest absolute Gasteiger partial charge is 0.457 e. The van der Waals surface area contributed by atoms with Gasteiger partial charge in [0.25, 0.3) is 0 Å². The number of carbonyl (C=O) groups is 3. The maximum atomic E-state index is 12.4. The van der Waals surface area contributed by atoms with Crippen LogP contribution >= 0.6 is 11.6 Å². The van der Waals surface area contributed by atoms with Crippen LogP contribution in [0.4, 0.5) is 9.59 Å². The normalized spacial score (nSPS) is 41.8. The van der Waals surface area contributed by atoms with Gasteiger partial charge in [0.1, 0.15) is 5.78 Å². The summed E-state index contributed by atoms with van der Waals surface area (Å²) in [6.45, 7) is 30.5. The molecule has 7 N–H and O–H groups in total. The second-order valence-electron chi connectivity index (χ2n) is 46.0. The molecule has 0 heterocycles. The first-order valence-electron chi connectivity index (χ1n) is 48.1. The van der Waals surface area contributed by atoms with Gasteiger partial charge in [0.2, 0.25) is 0 Å². The van der Waals surface area contributed by atoms with Crippen LogP contribution in [0.5, 0.6) is 0 Å². The van der Waals surface area contributed by atoms with Crippen molar-refractivity contribution in [3.63, 3.8) is 0 Å². The summed E-state index contributed by atoms with van der Waals surface area (Å²) >= 11 is 4.60. The summed E-state index contributed by atoms with van der Waals surface area (Å²) < 4.78 is 8.90. The number of benzene rings is 2. The Kier molecular flexibility index (Phi) is 76.5. The fraction of sp³-hybridized carbons (Fsp3) is 0.856. The summed E-state index contributed by atoms with van der Waals surface area (Å²) in [7, 11) is 12.1. The van der Waals surface area contributed by atoms with Crippen molar-refractivity contribution >= 4 is 28.9 Å². The van der Waals surface area contributed by atoms with Crippen molar-refractivity contribution in [2.45, 2.75) is 375 Å². The molecule has 0 spiro atoms. The third kappa shape index (κ3) is 34.6. The standard InChI is InChI=1S/C28H43NO.C23H39NO3.C21H37NO.C20H32O2.C8H11N.C2H3ClO2.CH4O.CH4.15U/c1-26(30)16-17-27(2)21(18-26)10-11-22-23-12-13-25(28(23,3)15-14-24(22)27)29(4)19-20-8-6-5-7-9-20;1-21(26)12-13-22(2)15(14-21)6-7-16-17-8-9-19(24(4)20(25)27-5)23(17,3)11-10-18(16)22;1-19(23)11-12-20(2)14(13-19)5-6-15-16-7-8-18(22-4)21(16,3)10-9-17(15)20;1-18(22)10-11-19(2)13(12-18)4-5-14-15-6-7-17(21)20(15,3)9-8-16(14)19;1-9-7-8-5-3-2-4-6-8;1-5-2(3)4;1-2;;;;;;;;;;;;;;;;/h5-9,21-25,30H,10-19H2,1-4H3;15-19,26H,6-14H2,1-5H3;14-18,22-23H,5-13H2,1-4H3;13-16,22H,4-12H2,1-3H3;2-6,9H,7H2,1H3;1H3;2H,1H3;1H4;;;;;;;;;;;;;;;/t21-,22-,23-,24-,25-,26+,27-,28-;15-,16-,17-,18-,19-,21+,22-,23-;14-,15-,16-,17-,18-,19+,20-,21-;13-,14-,15-,16-,18+,19-,20-;;;;;;;;;;;;;;;;;;;/m0000.................../s1. The van der Waals surface area contributed by atoms with Gasteiger partial charge in [-0.3, -0.25) is 9.69 Å². The topological polar surface area (TPSA) is 201 Å². The maximum Gasteiger partial charge on any atom is 0.409 e. The molecule has 16 aliphatic carbocycles. The summed E-state index contributed by atoms with van der Waals surface area (Å²) in [6.07, 6.45) is 44.0. The van der Waals surface area contributed by atoms with Gasteiger partial charge in [-0.25, -0.2) is 9.59 Å². The smallest absolute Gasteiger partial charge is 0.409 e. The van der Waals surface area contributed by atoms with Crippen molar-refractivity contribution in [2.24, 2.45) is 138 Å². The number of halogens is 1. The van der Waals surface area contributed by atoms with E-state index in [4.69, 9.17) is 9.84 Å². The number of rotatable bonds is 7. The van der Waals surface area contributed by atoms with E-state index >= 15 is 0 Å². The van der Waals surface area contributed by atoms with Crippen molar-refractivity contribution in [3.05, 3.63) is 71.8 Å². The second-order valence-corrected chi connectivity index (χ2v) is 46.3. The molecule has 0 aliphatic heterocycles. The van der Waals surface area contributed by atoms with Crippen LogP contribution in [0.25, 0.3) is 0 Å². The minimum Gasteiger partial charge on any atom is -0.457 e. The van der Waals surface area contributed by atoms with Crippen LogP contribution in [0.2, 0.25) is 0 Å². The van der Waals surface area contributed by atoms with Gasteiger partial charge in [-0.1, -0.05) is 123 Å². The fourth-order valence-electron chi connectivity index (χ4n) is 33.3. The predicted molar refractivity (Wildman–Crippen MR) is 485 cm³/mol. The molecule has 30 heteroatoms. The van der Waals surface area contributed by atoms with Crippen molar-refractivity contribution < 1.29 is 516 Å². The van der Waals surface area contributed by atoms with Crippen LogP contribution in [-0.2, 0) is 27.4 Å². The van der Waals surface area contributed by atoms with E-state index in [9.17, 15) is 34.8 Å². The first-order valence-corrected chi connectivity index (χ1v) is 48.5. The first-order chi connectivity index (χ1) is 55.6. The number of amides is 1. The molecule has 18 rings (SSSR count). The van der Waals surface area contributed by atoms with Crippen molar-refractivity contribution in [2.75, 3.05) is 49.5 Å². The van der Waals surface area contributed by atoms with E-state index < -0.39 is 27.8 Å². The molecular weight excluding hydrogens is 5070 g/mol. The van der Waals surface area contributed by atoms with Crippen LogP contribution in [0.15, 0.2) is 60.7 Å². The van der Waals surface area contributed by atoms with Crippen LogP contribution in [0.1, 0.15) is 333 Å². The molecule has 0 saturated heterocycles. The number of aliphatic hydroxyl groups is 5. The number of methoxy groups -OCH3 is 2. The third-order valence-corrected chi connectivity index (χ3v) is 40.0. The molecule has 1 amide bonds. The van der Waals surface area contributed by atoms with Crippen molar-refractivity contribution in [1.82, 2.24) is 20.4 Å². The van der Waals surface area contributed by atoms with Gasteiger partial charge >= 0.3 is 11.5 Å². The molecule has 16 fully saturated rings. The van der Waals surface area contributed by atoms with Crippen LogP contribution in [-0.4, -0.2) is 143 Å². The van der Waals surface area contributed by atoms with Crippen molar-refractivity contribution in [1.29, 1.82) is 0 Å². The van der Waals surface area contributed by atoms with Crippen LogP contribution < -0.4 is 10.6 Å². The van der Waals surface area contributed by atoms with E-state index in [1.165, 1.54) is 179 Å². The average Bonchev–Trinajstić information content (AvgIpc) is 1.45. The molecule has 0 unspecified atom stereocenters. The van der Waals surface area contributed by atoms with E-state index in [2.05, 4.69) is 158 Å². The number of aliphatic hydroxyl groups excluding tert-OH is 1.